The highest BCUT2D eigenvalue weighted by atomic mass is 16.8. The van der Waals surface area contributed by atoms with E-state index in [-0.39, 0.29) is 58.3 Å². The molecule has 266 valence electrons. The molecule has 10 heteroatoms. The number of ether oxygens (including phenoxy) is 5. The van der Waals surface area contributed by atoms with E-state index in [4.69, 9.17) is 23.7 Å². The first-order valence-corrected chi connectivity index (χ1v) is 18.4. The van der Waals surface area contributed by atoms with Gasteiger partial charge in [0.25, 0.3) is 0 Å². The molecule has 0 aromatic heterocycles. The number of hydrogen-bond donors (Lipinski definition) is 4. The highest BCUT2D eigenvalue weighted by Gasteiger charge is 2.88. The summed E-state index contributed by atoms with van der Waals surface area (Å²) < 4.78 is 31.9. The molecule has 3 aliphatic heterocycles. The topological polar surface area (TPSA) is 144 Å². The number of rotatable bonds is 4. The smallest absolute Gasteiger partial charge is 0.303 e. The molecular weight excluding hydrogens is 604 g/mol. The van der Waals surface area contributed by atoms with Crippen molar-refractivity contribution < 1.29 is 48.9 Å². The molecule has 8 rings (SSSR count). The van der Waals surface area contributed by atoms with E-state index in [1.807, 2.05) is 13.8 Å². The maximum Gasteiger partial charge on any atom is 0.303 e. The molecule has 5 aliphatic carbocycles. The molecule has 0 aromatic carbocycles. The molecule has 10 nitrogen and oxygen atoms in total. The molecule has 0 aromatic rings. The summed E-state index contributed by atoms with van der Waals surface area (Å²) in [7, 11) is 0. The summed E-state index contributed by atoms with van der Waals surface area (Å²) in [6, 6.07) is 0. The lowest BCUT2D eigenvalue weighted by atomic mass is 9.41. The molecule has 47 heavy (non-hydrogen) atoms. The van der Waals surface area contributed by atoms with Gasteiger partial charge in [-0.2, -0.15) is 0 Å². The summed E-state index contributed by atoms with van der Waals surface area (Å²) in [5, 5.41) is 43.7. The summed E-state index contributed by atoms with van der Waals surface area (Å²) in [6.07, 6.45) is 1.72. The summed E-state index contributed by atoms with van der Waals surface area (Å²) in [5.41, 5.74) is -1.36. The van der Waals surface area contributed by atoms with Crippen molar-refractivity contribution in [3.8, 4) is 0 Å². The molecule has 5 saturated carbocycles. The zero-order valence-corrected chi connectivity index (χ0v) is 29.5. The monoisotopic (exact) mass is 662 g/mol. The Kier molecular flexibility index (Phi) is 7.03. The van der Waals surface area contributed by atoms with Crippen LogP contribution in [0.1, 0.15) is 107 Å². The minimum Gasteiger partial charge on any atom is -0.457 e. The largest absolute Gasteiger partial charge is 0.457 e. The van der Waals surface area contributed by atoms with Crippen LogP contribution in [0.25, 0.3) is 0 Å². The predicted molar refractivity (Wildman–Crippen MR) is 168 cm³/mol. The standard InChI is InChI=1S/C37H58O10/c1-18-15-21-28(32(5,6)45-19(2)38)47-37(46-21)27(18)33(7)13-14-36-17-35(36)12-11-24(44-29-26(41)25(40)20(39)16-43-29)31(3,4)22(35)9-10-23(36)34(33,8)30(37)42/h18,20-30,39-42H,9-17H2,1-8H3/t18-,20-,21-,22+,23+,24+,25+,26-,27?,28+,29+,30-,33-,34-,35-,36+,37+/m1/s1. The molecule has 8 fully saturated rings. The fraction of sp³-hybridized carbons (Fsp3) is 0.973. The van der Waals surface area contributed by atoms with Gasteiger partial charge in [-0.25, -0.2) is 0 Å². The van der Waals surface area contributed by atoms with Crippen molar-refractivity contribution in [2.45, 2.75) is 167 Å². The minimum atomic E-state index is -1.29. The molecule has 3 spiro atoms. The van der Waals surface area contributed by atoms with Gasteiger partial charge in [-0.05, 0) is 105 Å². The average Bonchev–Trinajstić information content (AvgIpc) is 3.49. The molecule has 1 unspecified atom stereocenters. The van der Waals surface area contributed by atoms with Crippen LogP contribution in [-0.4, -0.2) is 93.4 Å². The van der Waals surface area contributed by atoms with E-state index < -0.39 is 53.6 Å². The van der Waals surface area contributed by atoms with Crippen LogP contribution in [0.15, 0.2) is 0 Å². The molecule has 17 atom stereocenters. The second-order valence-corrected chi connectivity index (χ2v) is 18.8. The fourth-order valence-corrected chi connectivity index (χ4v) is 14.4. The van der Waals surface area contributed by atoms with Gasteiger partial charge in [0.1, 0.15) is 36.1 Å². The number of esters is 1. The third-order valence-electron chi connectivity index (χ3n) is 16.3. The number of aliphatic hydroxyl groups is 4. The quantitative estimate of drug-likeness (QED) is 0.260. The molecule has 3 saturated heterocycles. The van der Waals surface area contributed by atoms with Crippen molar-refractivity contribution >= 4 is 5.97 Å². The van der Waals surface area contributed by atoms with Crippen molar-refractivity contribution in [2.75, 3.05) is 6.61 Å². The Hall–Kier alpha value is -0.850. The van der Waals surface area contributed by atoms with Crippen molar-refractivity contribution in [2.24, 2.45) is 50.7 Å². The average molecular weight is 663 g/mol. The number of aliphatic hydroxyl groups excluding tert-OH is 4. The lowest BCUT2D eigenvalue weighted by molar-refractivity contribution is -0.303. The summed E-state index contributed by atoms with van der Waals surface area (Å²) >= 11 is 0. The van der Waals surface area contributed by atoms with Crippen LogP contribution < -0.4 is 0 Å². The lowest BCUT2D eigenvalue weighted by Gasteiger charge is -2.63. The predicted octanol–water partition coefficient (Wildman–Crippen LogP) is 3.69. The van der Waals surface area contributed by atoms with Gasteiger partial charge in [0.15, 0.2) is 12.1 Å². The first-order chi connectivity index (χ1) is 21.8. The van der Waals surface area contributed by atoms with Crippen LogP contribution in [-0.2, 0) is 28.5 Å². The Labute approximate surface area is 279 Å². The second kappa shape index (κ2) is 9.93. The van der Waals surface area contributed by atoms with E-state index in [2.05, 4.69) is 34.6 Å². The molecule has 8 aliphatic rings. The van der Waals surface area contributed by atoms with Gasteiger partial charge >= 0.3 is 5.97 Å². The normalized spacial score (nSPS) is 58.8. The van der Waals surface area contributed by atoms with Gasteiger partial charge in [0, 0.05) is 18.3 Å². The van der Waals surface area contributed by atoms with Crippen LogP contribution in [0.5, 0.6) is 0 Å². The van der Waals surface area contributed by atoms with E-state index in [9.17, 15) is 25.2 Å². The Morgan fingerprint density at radius 1 is 0.894 bits per heavy atom. The van der Waals surface area contributed by atoms with Gasteiger partial charge < -0.3 is 44.1 Å². The number of carbonyl (C=O) groups excluding carboxylic acids is 1. The van der Waals surface area contributed by atoms with Crippen LogP contribution in [0.4, 0.5) is 0 Å². The van der Waals surface area contributed by atoms with Gasteiger partial charge in [-0.15, -0.1) is 0 Å². The van der Waals surface area contributed by atoms with Crippen molar-refractivity contribution in [3.05, 3.63) is 0 Å². The minimum absolute atomic E-state index is 0.0329. The lowest BCUT2D eigenvalue weighted by Crippen LogP contribution is -2.61. The maximum atomic E-state index is 12.8. The van der Waals surface area contributed by atoms with E-state index in [0.29, 0.717) is 11.8 Å². The van der Waals surface area contributed by atoms with Crippen LogP contribution in [0, 0.1) is 50.7 Å². The number of fused-ring (bicyclic) bond motifs is 4. The molecule has 0 amide bonds. The molecular formula is C37H58O10. The van der Waals surface area contributed by atoms with E-state index >= 15 is 0 Å². The van der Waals surface area contributed by atoms with Crippen LogP contribution >= 0.6 is 0 Å². The van der Waals surface area contributed by atoms with Crippen molar-refractivity contribution in [1.29, 1.82) is 0 Å². The Morgan fingerprint density at radius 3 is 2.28 bits per heavy atom. The zero-order chi connectivity index (χ0) is 33.9. The van der Waals surface area contributed by atoms with E-state index in [1.165, 1.54) is 6.92 Å². The number of carbonyl (C=O) groups is 1. The van der Waals surface area contributed by atoms with Gasteiger partial charge in [-0.3, -0.25) is 4.79 Å². The first kappa shape index (κ1) is 33.3. The summed E-state index contributed by atoms with van der Waals surface area (Å²) in [4.78, 5) is 12.1. The van der Waals surface area contributed by atoms with E-state index in [0.717, 1.165) is 51.4 Å². The first-order valence-electron chi connectivity index (χ1n) is 18.4. The molecule has 2 bridgehead atoms. The highest BCUT2D eigenvalue weighted by molar-refractivity contribution is 5.66. The summed E-state index contributed by atoms with van der Waals surface area (Å²) in [6.45, 7) is 16.8. The SMILES string of the molecule is CC(=O)OC(C)(C)[C@H]1O[C@@]23O[C@@H]1C[C@@H](C)C2[C@@]1(C)CC[C@@]24C[C@@]25CC[C@H](O[C@@H]2OC[C@@H](O)[C@H](O)[C@H]2O)C(C)(C)[C@@H]5CC[C@H]4[C@]1(C)[C@H]3O. The number of hydrogen-bond acceptors (Lipinski definition) is 10. The second-order valence-electron chi connectivity index (χ2n) is 18.8. The maximum absolute atomic E-state index is 12.8. The Balaban J connectivity index is 1.09. The van der Waals surface area contributed by atoms with Crippen LogP contribution in [0.2, 0.25) is 0 Å². The van der Waals surface area contributed by atoms with Crippen LogP contribution in [0.3, 0.4) is 0 Å². The summed E-state index contributed by atoms with van der Waals surface area (Å²) in [5.74, 6) is -0.402. The van der Waals surface area contributed by atoms with Crippen molar-refractivity contribution in [3.63, 3.8) is 0 Å². The highest BCUT2D eigenvalue weighted by Crippen LogP contribution is 2.90. The zero-order valence-electron chi connectivity index (χ0n) is 29.5. The fourth-order valence-electron chi connectivity index (χ4n) is 14.4. The van der Waals surface area contributed by atoms with Gasteiger partial charge in [-0.1, -0.05) is 34.6 Å². The third kappa shape index (κ3) is 3.88. The van der Waals surface area contributed by atoms with Gasteiger partial charge in [0.05, 0.1) is 18.8 Å². The third-order valence-corrected chi connectivity index (χ3v) is 16.3. The molecule has 4 N–H and O–H groups in total. The van der Waals surface area contributed by atoms with Gasteiger partial charge in [0.2, 0.25) is 0 Å². The molecule has 0 radical (unpaired) electrons. The Morgan fingerprint density at radius 2 is 1.57 bits per heavy atom. The van der Waals surface area contributed by atoms with Crippen molar-refractivity contribution in [1.82, 2.24) is 0 Å². The Bertz CT molecular complexity index is 1320. The van der Waals surface area contributed by atoms with E-state index in [1.54, 1.807) is 0 Å². The molecule has 3 heterocycles.